The number of amides is 1. The number of ether oxygens (including phenoxy) is 1. The summed E-state index contributed by atoms with van der Waals surface area (Å²) >= 11 is 0. The van der Waals surface area contributed by atoms with Crippen LogP contribution in [0.2, 0.25) is 0 Å². The van der Waals surface area contributed by atoms with Crippen molar-refractivity contribution in [3.8, 4) is 0 Å². The number of carbonyl (C=O) groups is 1. The molecule has 0 aromatic heterocycles. The Kier molecular flexibility index (Phi) is 6.45. The fraction of sp³-hybridized carbons (Fsp3) is 0.500. The highest BCUT2D eigenvalue weighted by atomic mass is 19.1. The first-order valence-electron chi connectivity index (χ1n) is 6.29. The van der Waals surface area contributed by atoms with E-state index in [0.29, 0.717) is 25.1 Å². The van der Waals surface area contributed by atoms with Crippen LogP contribution >= 0.6 is 0 Å². The molecule has 1 unspecified atom stereocenters. The SMILES string of the molecule is COCC(C)CC(=O)NCc1ccc(CN)cc1F. The Morgan fingerprint density at radius 2 is 2.26 bits per heavy atom. The Morgan fingerprint density at radius 3 is 2.84 bits per heavy atom. The largest absolute Gasteiger partial charge is 0.384 e. The van der Waals surface area contributed by atoms with Crippen molar-refractivity contribution >= 4 is 5.91 Å². The first-order valence-corrected chi connectivity index (χ1v) is 6.29. The van der Waals surface area contributed by atoms with Crippen LogP contribution in [-0.4, -0.2) is 19.6 Å². The molecule has 4 nitrogen and oxygen atoms in total. The minimum Gasteiger partial charge on any atom is -0.384 e. The Morgan fingerprint density at radius 1 is 1.53 bits per heavy atom. The van der Waals surface area contributed by atoms with Gasteiger partial charge in [-0.15, -0.1) is 0 Å². The molecule has 0 spiro atoms. The van der Waals surface area contributed by atoms with E-state index in [9.17, 15) is 9.18 Å². The summed E-state index contributed by atoms with van der Waals surface area (Å²) in [6, 6.07) is 4.81. The van der Waals surface area contributed by atoms with Gasteiger partial charge < -0.3 is 15.8 Å². The fourth-order valence-corrected chi connectivity index (χ4v) is 1.79. The molecule has 1 aromatic rings. The van der Waals surface area contributed by atoms with Gasteiger partial charge >= 0.3 is 0 Å². The molecule has 5 heteroatoms. The minimum absolute atomic E-state index is 0.105. The Hall–Kier alpha value is -1.46. The third-order valence-electron chi connectivity index (χ3n) is 2.81. The number of rotatable bonds is 7. The number of halogens is 1. The molecule has 0 bridgehead atoms. The molecule has 1 aromatic carbocycles. The molecule has 0 heterocycles. The molecule has 106 valence electrons. The van der Waals surface area contributed by atoms with Crippen molar-refractivity contribution in [3.63, 3.8) is 0 Å². The van der Waals surface area contributed by atoms with Crippen molar-refractivity contribution in [2.24, 2.45) is 11.7 Å². The van der Waals surface area contributed by atoms with Crippen LogP contribution in [0, 0.1) is 11.7 Å². The van der Waals surface area contributed by atoms with Crippen LogP contribution in [0.1, 0.15) is 24.5 Å². The standard InChI is InChI=1S/C14H21FN2O2/c1-10(9-19-2)5-14(18)17-8-12-4-3-11(7-16)6-13(12)15/h3-4,6,10H,5,7-9,16H2,1-2H3,(H,17,18). The molecule has 0 fully saturated rings. The van der Waals surface area contributed by atoms with Gasteiger partial charge in [0.05, 0.1) is 0 Å². The molecule has 0 aliphatic carbocycles. The van der Waals surface area contributed by atoms with Gasteiger partial charge in [-0.3, -0.25) is 4.79 Å². The summed E-state index contributed by atoms with van der Waals surface area (Å²) in [4.78, 5) is 11.6. The summed E-state index contributed by atoms with van der Waals surface area (Å²) in [5.41, 5.74) is 6.63. The molecule has 1 amide bonds. The van der Waals surface area contributed by atoms with Gasteiger partial charge in [-0.2, -0.15) is 0 Å². The molecule has 19 heavy (non-hydrogen) atoms. The zero-order valence-electron chi connectivity index (χ0n) is 11.4. The molecule has 1 atom stereocenters. The lowest BCUT2D eigenvalue weighted by molar-refractivity contribution is -0.122. The summed E-state index contributed by atoms with van der Waals surface area (Å²) in [5, 5.41) is 2.70. The second kappa shape index (κ2) is 7.86. The van der Waals surface area contributed by atoms with E-state index in [0.717, 1.165) is 5.56 Å². The number of carbonyl (C=O) groups excluding carboxylic acids is 1. The summed E-state index contributed by atoms with van der Waals surface area (Å²) < 4.78 is 18.6. The fourth-order valence-electron chi connectivity index (χ4n) is 1.79. The summed E-state index contributed by atoms with van der Waals surface area (Å²) in [6.45, 7) is 2.96. The van der Waals surface area contributed by atoms with Crippen LogP contribution in [0.3, 0.4) is 0 Å². The van der Waals surface area contributed by atoms with Crippen LogP contribution in [0.4, 0.5) is 4.39 Å². The van der Waals surface area contributed by atoms with Gasteiger partial charge in [-0.25, -0.2) is 4.39 Å². The summed E-state index contributed by atoms with van der Waals surface area (Å²) in [5.74, 6) is -0.297. The third kappa shape index (κ3) is 5.36. The van der Waals surface area contributed by atoms with E-state index < -0.39 is 0 Å². The number of hydrogen-bond acceptors (Lipinski definition) is 3. The second-order valence-electron chi connectivity index (χ2n) is 4.67. The monoisotopic (exact) mass is 268 g/mol. The van der Waals surface area contributed by atoms with Crippen molar-refractivity contribution in [2.45, 2.75) is 26.4 Å². The van der Waals surface area contributed by atoms with E-state index in [4.69, 9.17) is 10.5 Å². The lowest BCUT2D eigenvalue weighted by atomic mass is 10.1. The normalized spacial score (nSPS) is 12.2. The van der Waals surface area contributed by atoms with E-state index in [1.807, 2.05) is 6.92 Å². The average molecular weight is 268 g/mol. The van der Waals surface area contributed by atoms with Crippen molar-refractivity contribution in [1.29, 1.82) is 0 Å². The number of methoxy groups -OCH3 is 1. The highest BCUT2D eigenvalue weighted by Gasteiger charge is 2.10. The summed E-state index contributed by atoms with van der Waals surface area (Å²) in [6.07, 6.45) is 0.371. The maximum Gasteiger partial charge on any atom is 0.220 e. The molecule has 0 aliphatic rings. The van der Waals surface area contributed by atoms with E-state index in [1.54, 1.807) is 19.2 Å². The number of nitrogens with one attached hydrogen (secondary N) is 1. The number of benzene rings is 1. The first kappa shape index (κ1) is 15.6. The highest BCUT2D eigenvalue weighted by molar-refractivity contribution is 5.76. The smallest absolute Gasteiger partial charge is 0.220 e. The van der Waals surface area contributed by atoms with Crippen LogP contribution in [-0.2, 0) is 22.6 Å². The van der Waals surface area contributed by atoms with E-state index in [1.165, 1.54) is 6.07 Å². The average Bonchev–Trinajstić information content (AvgIpc) is 2.37. The number of nitrogens with two attached hydrogens (primary N) is 1. The predicted octanol–water partition coefficient (Wildman–Crippen LogP) is 1.57. The predicted molar refractivity (Wildman–Crippen MR) is 71.8 cm³/mol. The molecule has 3 N–H and O–H groups in total. The Bertz CT molecular complexity index is 424. The zero-order chi connectivity index (χ0) is 14.3. The van der Waals surface area contributed by atoms with E-state index in [-0.39, 0.29) is 24.2 Å². The van der Waals surface area contributed by atoms with Gasteiger partial charge in [0.1, 0.15) is 5.82 Å². The first-order chi connectivity index (χ1) is 9.06. The minimum atomic E-state index is -0.340. The van der Waals surface area contributed by atoms with Gasteiger partial charge in [0.15, 0.2) is 0 Å². The lowest BCUT2D eigenvalue weighted by Crippen LogP contribution is -2.26. The third-order valence-corrected chi connectivity index (χ3v) is 2.81. The van der Waals surface area contributed by atoms with Crippen LogP contribution in [0.25, 0.3) is 0 Å². The van der Waals surface area contributed by atoms with Gasteiger partial charge in [-0.05, 0) is 17.5 Å². The van der Waals surface area contributed by atoms with Crippen molar-refractivity contribution in [1.82, 2.24) is 5.32 Å². The zero-order valence-corrected chi connectivity index (χ0v) is 11.4. The van der Waals surface area contributed by atoms with E-state index >= 15 is 0 Å². The summed E-state index contributed by atoms with van der Waals surface area (Å²) in [7, 11) is 1.60. The maximum atomic E-state index is 13.6. The van der Waals surface area contributed by atoms with Gasteiger partial charge in [0.25, 0.3) is 0 Å². The molecular weight excluding hydrogens is 247 g/mol. The van der Waals surface area contributed by atoms with Gasteiger partial charge in [0.2, 0.25) is 5.91 Å². The molecular formula is C14H21FN2O2. The molecule has 0 aliphatic heterocycles. The molecule has 1 rings (SSSR count). The quantitative estimate of drug-likeness (QED) is 0.789. The maximum absolute atomic E-state index is 13.6. The molecule has 0 saturated heterocycles. The Balaban J connectivity index is 2.46. The Labute approximate surface area is 113 Å². The van der Waals surface area contributed by atoms with Gasteiger partial charge in [0, 0.05) is 38.8 Å². The van der Waals surface area contributed by atoms with E-state index in [2.05, 4.69) is 5.32 Å². The highest BCUT2D eigenvalue weighted by Crippen LogP contribution is 2.10. The van der Waals surface area contributed by atoms with Gasteiger partial charge in [-0.1, -0.05) is 19.1 Å². The van der Waals surface area contributed by atoms with Crippen LogP contribution in [0.5, 0.6) is 0 Å². The topological polar surface area (TPSA) is 64.3 Å². The molecule has 0 saturated carbocycles. The second-order valence-corrected chi connectivity index (χ2v) is 4.67. The van der Waals surface area contributed by atoms with Crippen molar-refractivity contribution in [3.05, 3.63) is 35.1 Å². The van der Waals surface area contributed by atoms with Crippen molar-refractivity contribution < 1.29 is 13.9 Å². The lowest BCUT2D eigenvalue weighted by Gasteiger charge is -2.11. The van der Waals surface area contributed by atoms with Crippen LogP contribution < -0.4 is 11.1 Å². The van der Waals surface area contributed by atoms with Crippen molar-refractivity contribution in [2.75, 3.05) is 13.7 Å². The van der Waals surface area contributed by atoms with Crippen LogP contribution in [0.15, 0.2) is 18.2 Å². The number of hydrogen-bond donors (Lipinski definition) is 2. The molecule has 0 radical (unpaired) electrons.